The molecule has 1 saturated heterocycles. The number of hydrogen-bond acceptors (Lipinski definition) is 5. The van der Waals surface area contributed by atoms with E-state index in [1.165, 1.54) is 12.8 Å². The largest absolute Gasteiger partial charge is 0.394 e. The van der Waals surface area contributed by atoms with Gasteiger partial charge in [0.2, 0.25) is 0 Å². The van der Waals surface area contributed by atoms with Gasteiger partial charge in [-0.25, -0.2) is 8.42 Å². The van der Waals surface area contributed by atoms with Crippen LogP contribution in [0, 0.1) is 0 Å². The van der Waals surface area contributed by atoms with Gasteiger partial charge in [-0.3, -0.25) is 0 Å². The second kappa shape index (κ2) is 7.40. The molecule has 1 aliphatic carbocycles. The standard InChI is InChI=1S/C15H30N2O3S/c1-2-15(13-18,16-14-5-6-14)7-3-8-17-9-4-11-21(19,20)12-10-17/h14,16,18H,2-13H2,1H3. The molecule has 2 rings (SSSR count). The van der Waals surface area contributed by atoms with E-state index in [4.69, 9.17) is 0 Å². The molecular formula is C15H30N2O3S. The summed E-state index contributed by atoms with van der Waals surface area (Å²) < 4.78 is 23.2. The summed E-state index contributed by atoms with van der Waals surface area (Å²) >= 11 is 0. The highest BCUT2D eigenvalue weighted by Crippen LogP contribution is 2.27. The summed E-state index contributed by atoms with van der Waals surface area (Å²) in [5, 5.41) is 13.4. The molecule has 1 saturated carbocycles. The van der Waals surface area contributed by atoms with E-state index in [2.05, 4.69) is 17.1 Å². The van der Waals surface area contributed by atoms with E-state index >= 15 is 0 Å². The maximum Gasteiger partial charge on any atom is 0.151 e. The van der Waals surface area contributed by atoms with Crippen molar-refractivity contribution >= 4 is 9.84 Å². The van der Waals surface area contributed by atoms with Crippen LogP contribution in [-0.4, -0.2) is 67.8 Å². The molecule has 1 unspecified atom stereocenters. The maximum absolute atomic E-state index is 11.6. The SMILES string of the molecule is CCC(CO)(CCCN1CCCS(=O)(=O)CC1)NC1CC1. The lowest BCUT2D eigenvalue weighted by atomic mass is 9.91. The quantitative estimate of drug-likeness (QED) is 0.692. The maximum atomic E-state index is 11.6. The van der Waals surface area contributed by atoms with Crippen LogP contribution in [0.25, 0.3) is 0 Å². The molecule has 2 fully saturated rings. The summed E-state index contributed by atoms with van der Waals surface area (Å²) in [6, 6.07) is 0.598. The number of nitrogens with one attached hydrogen (secondary N) is 1. The normalized spacial score (nSPS) is 26.2. The highest BCUT2D eigenvalue weighted by molar-refractivity contribution is 7.91. The number of rotatable bonds is 8. The van der Waals surface area contributed by atoms with E-state index in [-0.39, 0.29) is 12.1 Å². The van der Waals surface area contributed by atoms with Gasteiger partial charge < -0.3 is 15.3 Å². The molecule has 2 N–H and O–H groups in total. The molecule has 5 nitrogen and oxygen atoms in total. The van der Waals surface area contributed by atoms with Gasteiger partial charge in [0, 0.05) is 18.1 Å². The third-order valence-electron chi connectivity index (χ3n) is 4.84. The van der Waals surface area contributed by atoms with E-state index in [1.807, 2.05) is 0 Å². The number of sulfone groups is 1. The van der Waals surface area contributed by atoms with E-state index < -0.39 is 9.84 Å². The van der Waals surface area contributed by atoms with Gasteiger partial charge in [0.1, 0.15) is 0 Å². The monoisotopic (exact) mass is 318 g/mol. The van der Waals surface area contributed by atoms with Crippen molar-refractivity contribution in [3.05, 3.63) is 0 Å². The second-order valence-electron chi connectivity index (χ2n) is 6.66. The van der Waals surface area contributed by atoms with Gasteiger partial charge in [0.05, 0.1) is 18.1 Å². The van der Waals surface area contributed by atoms with E-state index in [1.54, 1.807) is 0 Å². The fourth-order valence-corrected chi connectivity index (χ4v) is 4.41. The lowest BCUT2D eigenvalue weighted by molar-refractivity contribution is 0.137. The molecule has 2 aliphatic rings. The van der Waals surface area contributed by atoms with Crippen molar-refractivity contribution in [3.8, 4) is 0 Å². The van der Waals surface area contributed by atoms with Crippen molar-refractivity contribution in [1.82, 2.24) is 10.2 Å². The summed E-state index contributed by atoms with van der Waals surface area (Å²) in [5.74, 6) is 0.633. The summed E-state index contributed by atoms with van der Waals surface area (Å²) in [4.78, 5) is 2.26. The van der Waals surface area contributed by atoms with E-state index in [0.29, 0.717) is 24.1 Å². The van der Waals surface area contributed by atoms with Crippen LogP contribution in [0.1, 0.15) is 45.4 Å². The Labute approximate surface area is 129 Å². The molecule has 6 heteroatoms. The van der Waals surface area contributed by atoms with Crippen molar-refractivity contribution in [2.75, 3.05) is 37.7 Å². The predicted molar refractivity (Wildman–Crippen MR) is 85.2 cm³/mol. The van der Waals surface area contributed by atoms with Gasteiger partial charge in [0.15, 0.2) is 9.84 Å². The molecule has 0 aromatic heterocycles. The minimum atomic E-state index is -2.82. The Morgan fingerprint density at radius 3 is 2.67 bits per heavy atom. The molecule has 0 spiro atoms. The van der Waals surface area contributed by atoms with Crippen LogP contribution in [0.5, 0.6) is 0 Å². The van der Waals surface area contributed by atoms with Gasteiger partial charge in [-0.2, -0.15) is 0 Å². The smallest absolute Gasteiger partial charge is 0.151 e. The van der Waals surface area contributed by atoms with Crippen LogP contribution in [0.15, 0.2) is 0 Å². The molecule has 0 bridgehead atoms. The molecule has 1 heterocycles. The third kappa shape index (κ3) is 5.51. The van der Waals surface area contributed by atoms with Gasteiger partial charge in [0.25, 0.3) is 0 Å². The Morgan fingerprint density at radius 2 is 2.05 bits per heavy atom. The first-order valence-corrected chi connectivity index (χ1v) is 10.1. The number of nitrogens with zero attached hydrogens (tertiary/aromatic N) is 1. The number of aliphatic hydroxyl groups excluding tert-OH is 1. The van der Waals surface area contributed by atoms with Crippen molar-refractivity contribution in [3.63, 3.8) is 0 Å². The van der Waals surface area contributed by atoms with Crippen LogP contribution >= 0.6 is 0 Å². The molecule has 21 heavy (non-hydrogen) atoms. The van der Waals surface area contributed by atoms with Gasteiger partial charge >= 0.3 is 0 Å². The molecule has 0 aromatic rings. The van der Waals surface area contributed by atoms with Crippen LogP contribution in [0.2, 0.25) is 0 Å². The summed E-state index contributed by atoms with van der Waals surface area (Å²) in [7, 11) is -2.82. The number of hydrogen-bond donors (Lipinski definition) is 2. The predicted octanol–water partition coefficient (Wildman–Crippen LogP) is 0.780. The highest BCUT2D eigenvalue weighted by Gasteiger charge is 2.34. The molecule has 0 amide bonds. The number of aliphatic hydroxyl groups is 1. The fourth-order valence-electron chi connectivity index (χ4n) is 3.10. The average Bonchev–Trinajstić information content (AvgIpc) is 3.27. The molecule has 0 radical (unpaired) electrons. The molecule has 1 atom stereocenters. The van der Waals surface area contributed by atoms with Crippen molar-refractivity contribution in [1.29, 1.82) is 0 Å². The zero-order chi connectivity index (χ0) is 15.3. The molecule has 1 aliphatic heterocycles. The Kier molecular flexibility index (Phi) is 6.05. The lowest BCUT2D eigenvalue weighted by Crippen LogP contribution is -2.49. The topological polar surface area (TPSA) is 69.6 Å². The van der Waals surface area contributed by atoms with Gasteiger partial charge in [-0.1, -0.05) is 6.92 Å². The van der Waals surface area contributed by atoms with Crippen molar-refractivity contribution < 1.29 is 13.5 Å². The van der Waals surface area contributed by atoms with Gasteiger partial charge in [-0.05, 0) is 51.6 Å². The Bertz CT molecular complexity index is 417. The van der Waals surface area contributed by atoms with Crippen molar-refractivity contribution in [2.24, 2.45) is 0 Å². The fraction of sp³-hybridized carbons (Fsp3) is 1.00. The minimum absolute atomic E-state index is 0.140. The zero-order valence-electron chi connectivity index (χ0n) is 13.2. The summed E-state index contributed by atoms with van der Waals surface area (Å²) in [6.07, 6.45) is 6.11. The average molecular weight is 318 g/mol. The van der Waals surface area contributed by atoms with Crippen LogP contribution in [-0.2, 0) is 9.84 Å². The highest BCUT2D eigenvalue weighted by atomic mass is 32.2. The van der Waals surface area contributed by atoms with Crippen LogP contribution < -0.4 is 5.32 Å². The summed E-state index contributed by atoms with van der Waals surface area (Å²) in [5.41, 5.74) is -0.140. The second-order valence-corrected chi connectivity index (χ2v) is 8.96. The zero-order valence-corrected chi connectivity index (χ0v) is 14.0. The lowest BCUT2D eigenvalue weighted by Gasteiger charge is -2.33. The minimum Gasteiger partial charge on any atom is -0.394 e. The van der Waals surface area contributed by atoms with Crippen molar-refractivity contribution in [2.45, 2.75) is 57.0 Å². The first kappa shape index (κ1) is 17.2. The third-order valence-corrected chi connectivity index (χ3v) is 6.56. The first-order chi connectivity index (χ1) is 9.99. The molecule has 124 valence electrons. The molecule has 0 aromatic carbocycles. The van der Waals surface area contributed by atoms with Crippen LogP contribution in [0.3, 0.4) is 0 Å². The van der Waals surface area contributed by atoms with Crippen LogP contribution in [0.4, 0.5) is 0 Å². The Hall–Kier alpha value is -0.170. The Balaban J connectivity index is 1.76. The van der Waals surface area contributed by atoms with Gasteiger partial charge in [-0.15, -0.1) is 0 Å². The first-order valence-electron chi connectivity index (χ1n) is 8.30. The molecular weight excluding hydrogens is 288 g/mol. The Morgan fingerprint density at radius 1 is 1.29 bits per heavy atom. The van der Waals surface area contributed by atoms with E-state index in [9.17, 15) is 13.5 Å². The summed E-state index contributed by atoms with van der Waals surface area (Å²) in [6.45, 7) is 4.80. The van der Waals surface area contributed by atoms with E-state index in [0.717, 1.165) is 38.8 Å².